The van der Waals surface area contributed by atoms with Crippen LogP contribution in [0.3, 0.4) is 0 Å². The molecule has 0 bridgehead atoms. The quantitative estimate of drug-likeness (QED) is 0.550. The molecule has 2 aromatic carbocycles. The summed E-state index contributed by atoms with van der Waals surface area (Å²) >= 11 is 0. The van der Waals surface area contributed by atoms with Crippen LogP contribution in [-0.2, 0) is 6.18 Å². The Morgan fingerprint density at radius 2 is 1.73 bits per heavy atom. The summed E-state index contributed by atoms with van der Waals surface area (Å²) in [5.74, 6) is 0.536. The number of nitrogen functional groups attached to an aromatic ring is 1. The van der Waals surface area contributed by atoms with Gasteiger partial charge in [0.15, 0.2) is 5.82 Å². The Hall–Kier alpha value is -3.42. The lowest BCUT2D eigenvalue weighted by Crippen LogP contribution is -2.04. The Morgan fingerprint density at radius 1 is 0.962 bits per heavy atom. The van der Waals surface area contributed by atoms with Crippen LogP contribution >= 0.6 is 0 Å². The van der Waals surface area contributed by atoms with E-state index in [1.807, 2.05) is 6.07 Å². The first-order valence-corrected chi connectivity index (χ1v) is 7.66. The molecule has 2 aromatic heterocycles. The predicted octanol–water partition coefficient (Wildman–Crippen LogP) is 4.08. The minimum atomic E-state index is -4.39. The lowest BCUT2D eigenvalue weighted by molar-refractivity contribution is -0.137. The number of fused-ring (bicyclic) bond motifs is 1. The molecule has 0 radical (unpaired) electrons. The van der Waals surface area contributed by atoms with Gasteiger partial charge in [-0.25, -0.2) is 14.6 Å². The second kappa shape index (κ2) is 5.83. The molecule has 0 spiro atoms. The van der Waals surface area contributed by atoms with Gasteiger partial charge in [0.05, 0.1) is 16.5 Å². The van der Waals surface area contributed by atoms with Crippen molar-refractivity contribution >= 4 is 16.6 Å². The Labute approximate surface area is 145 Å². The van der Waals surface area contributed by atoms with Gasteiger partial charge in [-0.15, -0.1) is 0 Å². The first-order chi connectivity index (χ1) is 12.4. The zero-order valence-electron chi connectivity index (χ0n) is 13.3. The highest BCUT2D eigenvalue weighted by molar-refractivity contribution is 6.02. The maximum atomic E-state index is 12.8. The molecular weight excluding hydrogens is 343 g/mol. The van der Waals surface area contributed by atoms with Crippen LogP contribution in [0, 0.1) is 0 Å². The summed E-state index contributed by atoms with van der Waals surface area (Å²) in [6.07, 6.45) is -1.41. The maximum Gasteiger partial charge on any atom is 0.416 e. The smallest absolute Gasteiger partial charge is 0.398 e. The fraction of sp³-hybridized carbons (Fsp3) is 0.0556. The molecule has 0 saturated carbocycles. The molecule has 0 saturated heterocycles. The van der Waals surface area contributed by atoms with Gasteiger partial charge in [0.1, 0.15) is 12.0 Å². The molecule has 26 heavy (non-hydrogen) atoms. The molecule has 2 N–H and O–H groups in total. The van der Waals surface area contributed by atoms with Gasteiger partial charge in [0.25, 0.3) is 0 Å². The van der Waals surface area contributed by atoms with Gasteiger partial charge in [-0.2, -0.15) is 18.3 Å². The van der Waals surface area contributed by atoms with Crippen molar-refractivity contribution in [3.63, 3.8) is 0 Å². The summed E-state index contributed by atoms with van der Waals surface area (Å²) in [4.78, 5) is 8.06. The van der Waals surface area contributed by atoms with E-state index in [1.165, 1.54) is 18.5 Å². The van der Waals surface area contributed by atoms with E-state index in [0.29, 0.717) is 33.7 Å². The third kappa shape index (κ3) is 2.65. The molecule has 0 atom stereocenters. The van der Waals surface area contributed by atoms with Gasteiger partial charge in [-0.1, -0.05) is 18.2 Å². The SMILES string of the molecule is Nc1cccc2c1c(-c1ccc(C(F)(F)F)cc1)nn2-c1ccncn1. The van der Waals surface area contributed by atoms with Crippen LogP contribution in [0.4, 0.5) is 18.9 Å². The highest BCUT2D eigenvalue weighted by Crippen LogP contribution is 2.35. The van der Waals surface area contributed by atoms with E-state index in [-0.39, 0.29) is 0 Å². The molecule has 4 aromatic rings. The first-order valence-electron chi connectivity index (χ1n) is 7.66. The van der Waals surface area contributed by atoms with E-state index in [9.17, 15) is 13.2 Å². The van der Waals surface area contributed by atoms with Crippen LogP contribution in [0.2, 0.25) is 0 Å². The molecule has 5 nitrogen and oxygen atoms in total. The molecule has 0 aliphatic rings. The van der Waals surface area contributed by atoms with E-state index in [4.69, 9.17) is 5.73 Å². The molecule has 2 heterocycles. The fourth-order valence-corrected chi connectivity index (χ4v) is 2.80. The number of anilines is 1. The normalized spacial score (nSPS) is 11.8. The summed E-state index contributed by atoms with van der Waals surface area (Å²) in [5.41, 5.74) is 7.62. The molecule has 8 heteroatoms. The van der Waals surface area contributed by atoms with E-state index in [0.717, 1.165) is 12.1 Å². The Balaban J connectivity index is 1.93. The number of rotatable bonds is 2. The first kappa shape index (κ1) is 16.1. The molecule has 0 unspecified atom stereocenters. The second-order valence-electron chi connectivity index (χ2n) is 5.64. The third-order valence-electron chi connectivity index (χ3n) is 4.01. The molecule has 130 valence electrons. The number of hydrogen-bond acceptors (Lipinski definition) is 4. The average molecular weight is 355 g/mol. The van der Waals surface area contributed by atoms with E-state index in [1.54, 1.807) is 29.1 Å². The standard InChI is InChI=1S/C18H12F3N5/c19-18(20,21)12-6-4-11(5-7-12)17-16-13(22)2-1-3-14(16)26(25-17)15-8-9-23-10-24-15/h1-10H,22H2. The largest absolute Gasteiger partial charge is 0.416 e. The van der Waals surface area contributed by atoms with Crippen molar-refractivity contribution in [2.24, 2.45) is 0 Å². The summed E-state index contributed by atoms with van der Waals surface area (Å²) < 4.78 is 40.0. The number of aromatic nitrogens is 4. The molecule has 0 amide bonds. The number of hydrogen-bond donors (Lipinski definition) is 1. The lowest BCUT2D eigenvalue weighted by Gasteiger charge is -2.07. The van der Waals surface area contributed by atoms with Crippen LogP contribution in [0.5, 0.6) is 0 Å². The van der Waals surface area contributed by atoms with Gasteiger partial charge in [0.2, 0.25) is 0 Å². The van der Waals surface area contributed by atoms with Crippen molar-refractivity contribution < 1.29 is 13.2 Å². The van der Waals surface area contributed by atoms with E-state index < -0.39 is 11.7 Å². The van der Waals surface area contributed by atoms with Gasteiger partial charge in [0, 0.05) is 23.5 Å². The highest BCUT2D eigenvalue weighted by Gasteiger charge is 2.30. The van der Waals surface area contributed by atoms with Crippen molar-refractivity contribution in [2.45, 2.75) is 6.18 Å². The van der Waals surface area contributed by atoms with Gasteiger partial charge < -0.3 is 5.73 Å². The maximum absolute atomic E-state index is 12.8. The van der Waals surface area contributed by atoms with Crippen molar-refractivity contribution in [2.75, 3.05) is 5.73 Å². The Kier molecular flexibility index (Phi) is 3.61. The number of nitrogens with zero attached hydrogens (tertiary/aromatic N) is 4. The van der Waals surface area contributed by atoms with Gasteiger partial charge >= 0.3 is 6.18 Å². The summed E-state index contributed by atoms with van der Waals surface area (Å²) in [6.45, 7) is 0. The fourth-order valence-electron chi connectivity index (χ4n) is 2.80. The number of alkyl halides is 3. The number of benzene rings is 2. The summed E-state index contributed by atoms with van der Waals surface area (Å²) in [5, 5.41) is 5.21. The highest BCUT2D eigenvalue weighted by atomic mass is 19.4. The third-order valence-corrected chi connectivity index (χ3v) is 4.01. The van der Waals surface area contributed by atoms with Crippen LogP contribution in [0.25, 0.3) is 28.0 Å². The van der Waals surface area contributed by atoms with E-state index >= 15 is 0 Å². The van der Waals surface area contributed by atoms with E-state index in [2.05, 4.69) is 15.1 Å². The minimum absolute atomic E-state index is 0.484. The second-order valence-corrected chi connectivity index (χ2v) is 5.64. The number of nitrogens with two attached hydrogens (primary N) is 1. The van der Waals surface area contributed by atoms with Crippen LogP contribution in [0.15, 0.2) is 61.1 Å². The minimum Gasteiger partial charge on any atom is -0.398 e. The molecule has 0 aliphatic heterocycles. The Bertz CT molecular complexity index is 1070. The monoisotopic (exact) mass is 355 g/mol. The van der Waals surface area contributed by atoms with Crippen molar-refractivity contribution in [3.05, 3.63) is 66.6 Å². The lowest BCUT2D eigenvalue weighted by atomic mass is 10.0. The zero-order chi connectivity index (χ0) is 18.3. The van der Waals surface area contributed by atoms with Crippen LogP contribution in [-0.4, -0.2) is 19.7 Å². The van der Waals surface area contributed by atoms with Gasteiger partial charge in [-0.3, -0.25) is 0 Å². The average Bonchev–Trinajstić information content (AvgIpc) is 3.03. The van der Waals surface area contributed by atoms with Crippen molar-refractivity contribution in [3.8, 4) is 17.1 Å². The molecule has 4 rings (SSSR count). The number of halogens is 3. The summed E-state index contributed by atoms with van der Waals surface area (Å²) in [6, 6.07) is 11.9. The van der Waals surface area contributed by atoms with Crippen LogP contribution in [0.1, 0.15) is 5.56 Å². The van der Waals surface area contributed by atoms with Crippen molar-refractivity contribution in [1.29, 1.82) is 0 Å². The topological polar surface area (TPSA) is 69.6 Å². The molecule has 0 aliphatic carbocycles. The van der Waals surface area contributed by atoms with Crippen molar-refractivity contribution in [1.82, 2.24) is 19.7 Å². The van der Waals surface area contributed by atoms with Gasteiger partial charge in [-0.05, 0) is 24.3 Å². The molecular formula is C18H12F3N5. The van der Waals surface area contributed by atoms with Crippen LogP contribution < -0.4 is 5.73 Å². The zero-order valence-corrected chi connectivity index (χ0v) is 13.3. The molecule has 0 fully saturated rings. The summed E-state index contributed by atoms with van der Waals surface area (Å²) in [7, 11) is 0. The Morgan fingerprint density at radius 3 is 2.38 bits per heavy atom. The predicted molar refractivity (Wildman–Crippen MR) is 91.5 cm³/mol.